The van der Waals surface area contributed by atoms with Crippen molar-refractivity contribution >= 4 is 33.3 Å². The van der Waals surface area contributed by atoms with Crippen molar-refractivity contribution < 1.29 is 4.42 Å². The number of anilines is 2. The SMILES string of the molecule is c1ccc(-c2ccc(-c3ccc(Nc4cccc5oc6ccccc6c45)cc3)cc2)cc1. The second kappa shape index (κ2) is 7.75. The summed E-state index contributed by atoms with van der Waals surface area (Å²) < 4.78 is 6.01. The molecule has 0 aliphatic carbocycles. The van der Waals surface area contributed by atoms with E-state index < -0.39 is 0 Å². The fourth-order valence-electron chi connectivity index (χ4n) is 4.27. The molecule has 0 fully saturated rings. The predicted octanol–water partition coefficient (Wildman–Crippen LogP) is 8.66. The molecule has 0 saturated heterocycles. The number of benzene rings is 5. The molecule has 0 bridgehead atoms. The topological polar surface area (TPSA) is 25.2 Å². The highest BCUT2D eigenvalue weighted by Crippen LogP contribution is 2.35. The second-order valence-corrected chi connectivity index (χ2v) is 7.92. The molecule has 32 heavy (non-hydrogen) atoms. The van der Waals surface area contributed by atoms with Gasteiger partial charge in [-0.3, -0.25) is 0 Å². The van der Waals surface area contributed by atoms with Crippen molar-refractivity contribution in [3.8, 4) is 22.3 Å². The maximum Gasteiger partial charge on any atom is 0.137 e. The van der Waals surface area contributed by atoms with Crippen LogP contribution >= 0.6 is 0 Å². The van der Waals surface area contributed by atoms with Crippen LogP contribution in [-0.4, -0.2) is 0 Å². The van der Waals surface area contributed by atoms with Gasteiger partial charge in [-0.25, -0.2) is 0 Å². The minimum Gasteiger partial charge on any atom is -0.456 e. The van der Waals surface area contributed by atoms with Crippen LogP contribution in [0.25, 0.3) is 44.2 Å². The summed E-state index contributed by atoms with van der Waals surface area (Å²) in [4.78, 5) is 0. The fourth-order valence-corrected chi connectivity index (χ4v) is 4.27. The zero-order valence-electron chi connectivity index (χ0n) is 17.5. The quantitative estimate of drug-likeness (QED) is 0.314. The van der Waals surface area contributed by atoms with Crippen molar-refractivity contribution in [1.82, 2.24) is 0 Å². The highest BCUT2D eigenvalue weighted by atomic mass is 16.3. The number of rotatable bonds is 4. The highest BCUT2D eigenvalue weighted by molar-refractivity contribution is 6.11. The molecule has 0 amide bonds. The maximum atomic E-state index is 6.01. The molecule has 1 aromatic heterocycles. The molecule has 1 N–H and O–H groups in total. The Morgan fingerprint density at radius 1 is 0.438 bits per heavy atom. The van der Waals surface area contributed by atoms with Gasteiger partial charge in [0.2, 0.25) is 0 Å². The van der Waals surface area contributed by atoms with Crippen LogP contribution in [0.3, 0.4) is 0 Å². The van der Waals surface area contributed by atoms with E-state index in [1.54, 1.807) is 0 Å². The second-order valence-electron chi connectivity index (χ2n) is 7.92. The smallest absolute Gasteiger partial charge is 0.137 e. The van der Waals surface area contributed by atoms with Crippen molar-refractivity contribution in [2.75, 3.05) is 5.32 Å². The van der Waals surface area contributed by atoms with Gasteiger partial charge in [-0.15, -0.1) is 0 Å². The van der Waals surface area contributed by atoms with Crippen LogP contribution < -0.4 is 5.32 Å². The van der Waals surface area contributed by atoms with E-state index in [1.807, 2.05) is 36.4 Å². The Balaban J connectivity index is 1.28. The number of fused-ring (bicyclic) bond motifs is 3. The summed E-state index contributed by atoms with van der Waals surface area (Å²) in [6, 6.07) is 42.1. The molecule has 0 aliphatic rings. The summed E-state index contributed by atoms with van der Waals surface area (Å²) in [6.07, 6.45) is 0. The summed E-state index contributed by atoms with van der Waals surface area (Å²) in [6.45, 7) is 0. The summed E-state index contributed by atoms with van der Waals surface area (Å²) >= 11 is 0. The lowest BCUT2D eigenvalue weighted by atomic mass is 10.0. The minimum atomic E-state index is 0.895. The Bertz CT molecular complexity index is 1510. The molecule has 0 saturated carbocycles. The van der Waals surface area contributed by atoms with E-state index in [1.165, 1.54) is 22.3 Å². The molecular formula is C30H21NO. The van der Waals surface area contributed by atoms with Crippen molar-refractivity contribution in [1.29, 1.82) is 0 Å². The fraction of sp³-hybridized carbons (Fsp3) is 0. The van der Waals surface area contributed by atoms with Crippen molar-refractivity contribution in [2.24, 2.45) is 0 Å². The van der Waals surface area contributed by atoms with E-state index in [-0.39, 0.29) is 0 Å². The number of para-hydroxylation sites is 1. The molecule has 6 aromatic rings. The Hall–Kier alpha value is -4.30. The van der Waals surface area contributed by atoms with E-state index in [0.717, 1.165) is 33.3 Å². The van der Waals surface area contributed by atoms with Crippen LogP contribution in [0, 0.1) is 0 Å². The van der Waals surface area contributed by atoms with Gasteiger partial charge in [0.25, 0.3) is 0 Å². The number of hydrogen-bond acceptors (Lipinski definition) is 2. The molecule has 2 nitrogen and oxygen atoms in total. The van der Waals surface area contributed by atoms with Gasteiger partial charge in [-0.05, 0) is 52.6 Å². The van der Waals surface area contributed by atoms with Gasteiger partial charge in [-0.1, -0.05) is 91.0 Å². The molecule has 152 valence electrons. The average Bonchev–Trinajstić information content (AvgIpc) is 3.25. The van der Waals surface area contributed by atoms with E-state index >= 15 is 0 Å². The van der Waals surface area contributed by atoms with Gasteiger partial charge >= 0.3 is 0 Å². The highest BCUT2D eigenvalue weighted by Gasteiger charge is 2.10. The van der Waals surface area contributed by atoms with Gasteiger partial charge in [0.05, 0.1) is 11.1 Å². The molecule has 6 rings (SSSR count). The average molecular weight is 412 g/mol. The van der Waals surface area contributed by atoms with Crippen LogP contribution in [0.1, 0.15) is 0 Å². The molecule has 2 heteroatoms. The zero-order chi connectivity index (χ0) is 21.3. The van der Waals surface area contributed by atoms with Crippen LogP contribution in [0.4, 0.5) is 11.4 Å². The molecular weight excluding hydrogens is 390 g/mol. The largest absolute Gasteiger partial charge is 0.456 e. The van der Waals surface area contributed by atoms with Gasteiger partial charge in [0, 0.05) is 11.1 Å². The first-order valence-electron chi connectivity index (χ1n) is 10.8. The third kappa shape index (κ3) is 3.32. The lowest BCUT2D eigenvalue weighted by molar-refractivity contribution is 0.669. The monoisotopic (exact) mass is 411 g/mol. The number of nitrogens with one attached hydrogen (secondary N) is 1. The Kier molecular flexibility index (Phi) is 4.47. The maximum absolute atomic E-state index is 6.01. The van der Waals surface area contributed by atoms with Gasteiger partial charge in [0.1, 0.15) is 11.2 Å². The summed E-state index contributed by atoms with van der Waals surface area (Å²) in [7, 11) is 0. The molecule has 0 atom stereocenters. The van der Waals surface area contributed by atoms with Gasteiger partial charge in [-0.2, -0.15) is 0 Å². The summed E-state index contributed by atoms with van der Waals surface area (Å²) in [5.41, 5.74) is 8.77. The van der Waals surface area contributed by atoms with E-state index in [4.69, 9.17) is 4.42 Å². The normalized spacial score (nSPS) is 11.1. The van der Waals surface area contributed by atoms with E-state index in [2.05, 4.69) is 90.2 Å². The lowest BCUT2D eigenvalue weighted by Gasteiger charge is -2.10. The number of furan rings is 1. The molecule has 5 aromatic carbocycles. The Labute approximate surface area is 186 Å². The first-order chi connectivity index (χ1) is 15.8. The van der Waals surface area contributed by atoms with Gasteiger partial charge in [0.15, 0.2) is 0 Å². The van der Waals surface area contributed by atoms with Crippen LogP contribution in [0.2, 0.25) is 0 Å². The third-order valence-electron chi connectivity index (χ3n) is 5.89. The Morgan fingerprint density at radius 3 is 1.72 bits per heavy atom. The van der Waals surface area contributed by atoms with Crippen molar-refractivity contribution in [3.63, 3.8) is 0 Å². The predicted molar refractivity (Wildman–Crippen MR) is 134 cm³/mol. The van der Waals surface area contributed by atoms with E-state index in [0.29, 0.717) is 0 Å². The zero-order valence-corrected chi connectivity index (χ0v) is 17.5. The van der Waals surface area contributed by atoms with E-state index in [9.17, 15) is 0 Å². The standard InChI is InChI=1S/C30H21NO/c1-2-7-21(8-3-1)22-13-15-23(16-14-22)24-17-19-25(20-18-24)31-27-10-6-12-29-30(27)26-9-4-5-11-28(26)32-29/h1-20,31H. The van der Waals surface area contributed by atoms with Crippen LogP contribution in [0.15, 0.2) is 126 Å². The van der Waals surface area contributed by atoms with Crippen LogP contribution in [-0.2, 0) is 0 Å². The van der Waals surface area contributed by atoms with Crippen LogP contribution in [0.5, 0.6) is 0 Å². The molecule has 0 unspecified atom stereocenters. The molecule has 1 heterocycles. The number of hydrogen-bond donors (Lipinski definition) is 1. The summed E-state index contributed by atoms with van der Waals surface area (Å²) in [5.74, 6) is 0. The molecule has 0 aliphatic heterocycles. The van der Waals surface area contributed by atoms with Crippen molar-refractivity contribution in [2.45, 2.75) is 0 Å². The molecule has 0 spiro atoms. The first-order valence-corrected chi connectivity index (χ1v) is 10.8. The summed E-state index contributed by atoms with van der Waals surface area (Å²) in [5, 5.41) is 5.81. The lowest BCUT2D eigenvalue weighted by Crippen LogP contribution is -1.91. The Morgan fingerprint density at radius 2 is 1.00 bits per heavy atom. The minimum absolute atomic E-state index is 0.895. The molecule has 0 radical (unpaired) electrons. The van der Waals surface area contributed by atoms with Crippen molar-refractivity contribution in [3.05, 3.63) is 121 Å². The third-order valence-corrected chi connectivity index (χ3v) is 5.89. The first kappa shape index (κ1) is 18.5. The van der Waals surface area contributed by atoms with Gasteiger partial charge < -0.3 is 9.73 Å².